The van der Waals surface area contributed by atoms with Crippen LogP contribution in [0.1, 0.15) is 38.5 Å². The summed E-state index contributed by atoms with van der Waals surface area (Å²) in [6.07, 6.45) is -1.18. The van der Waals surface area contributed by atoms with Crippen molar-refractivity contribution in [1.82, 2.24) is 0 Å². The Kier molecular flexibility index (Phi) is 2.66. The van der Waals surface area contributed by atoms with Gasteiger partial charge in [0, 0.05) is 5.54 Å². The number of hydrogen-bond acceptors (Lipinski definition) is 1. The minimum atomic E-state index is -4.11. The lowest BCUT2D eigenvalue weighted by atomic mass is 9.80. The SMILES string of the molecule is NC1(CC(F)(F)F)CCCCC1. The van der Waals surface area contributed by atoms with Gasteiger partial charge in [0.1, 0.15) is 0 Å². The van der Waals surface area contributed by atoms with Crippen LogP contribution >= 0.6 is 0 Å². The summed E-state index contributed by atoms with van der Waals surface area (Å²) in [6, 6.07) is 0. The van der Waals surface area contributed by atoms with E-state index in [0.29, 0.717) is 12.8 Å². The molecule has 72 valence electrons. The van der Waals surface area contributed by atoms with E-state index in [0.717, 1.165) is 19.3 Å². The third kappa shape index (κ3) is 3.01. The molecule has 0 aromatic carbocycles. The molecule has 12 heavy (non-hydrogen) atoms. The molecule has 0 aromatic rings. The lowest BCUT2D eigenvalue weighted by molar-refractivity contribution is -0.149. The van der Waals surface area contributed by atoms with Crippen LogP contribution in [0.3, 0.4) is 0 Å². The summed E-state index contributed by atoms with van der Waals surface area (Å²) in [5.41, 5.74) is 4.66. The van der Waals surface area contributed by atoms with E-state index >= 15 is 0 Å². The van der Waals surface area contributed by atoms with Gasteiger partial charge in [-0.15, -0.1) is 0 Å². The first-order chi connectivity index (χ1) is 5.41. The Morgan fingerprint density at radius 3 is 2.00 bits per heavy atom. The van der Waals surface area contributed by atoms with Crippen molar-refractivity contribution in [3.63, 3.8) is 0 Å². The molecule has 1 aliphatic rings. The molecule has 1 rings (SSSR count). The molecular formula is C8H14F3N. The molecule has 0 atom stereocenters. The molecule has 0 unspecified atom stereocenters. The quantitative estimate of drug-likeness (QED) is 0.661. The monoisotopic (exact) mass is 181 g/mol. The van der Waals surface area contributed by atoms with Crippen molar-refractivity contribution < 1.29 is 13.2 Å². The minimum absolute atomic E-state index is 0.520. The van der Waals surface area contributed by atoms with Crippen LogP contribution in [0.15, 0.2) is 0 Å². The molecule has 1 saturated carbocycles. The maximum Gasteiger partial charge on any atom is 0.390 e. The molecule has 0 radical (unpaired) electrons. The Bertz CT molecular complexity index is 147. The van der Waals surface area contributed by atoms with Crippen molar-refractivity contribution >= 4 is 0 Å². The van der Waals surface area contributed by atoms with Crippen molar-refractivity contribution in [3.8, 4) is 0 Å². The fourth-order valence-electron chi connectivity index (χ4n) is 1.83. The Hall–Kier alpha value is -0.250. The van der Waals surface area contributed by atoms with Gasteiger partial charge in [-0.3, -0.25) is 0 Å². The zero-order valence-corrected chi connectivity index (χ0v) is 6.95. The summed E-state index contributed by atoms with van der Waals surface area (Å²) in [4.78, 5) is 0. The second-order valence-electron chi connectivity index (χ2n) is 3.71. The van der Waals surface area contributed by atoms with Gasteiger partial charge in [-0.2, -0.15) is 13.2 Å². The van der Waals surface area contributed by atoms with E-state index in [1.54, 1.807) is 0 Å². The van der Waals surface area contributed by atoms with Gasteiger partial charge >= 0.3 is 6.18 Å². The van der Waals surface area contributed by atoms with Crippen LogP contribution in [-0.4, -0.2) is 11.7 Å². The second kappa shape index (κ2) is 3.24. The predicted molar refractivity (Wildman–Crippen MR) is 40.7 cm³/mol. The van der Waals surface area contributed by atoms with E-state index in [-0.39, 0.29) is 0 Å². The summed E-state index contributed by atoms with van der Waals surface area (Å²) in [5.74, 6) is 0. The molecule has 0 amide bonds. The first-order valence-electron chi connectivity index (χ1n) is 4.27. The van der Waals surface area contributed by atoms with Gasteiger partial charge in [-0.1, -0.05) is 19.3 Å². The van der Waals surface area contributed by atoms with Gasteiger partial charge in [-0.25, -0.2) is 0 Å². The maximum absolute atomic E-state index is 12.0. The molecular weight excluding hydrogens is 167 g/mol. The van der Waals surface area contributed by atoms with Gasteiger partial charge in [-0.05, 0) is 12.8 Å². The van der Waals surface area contributed by atoms with Crippen molar-refractivity contribution in [2.24, 2.45) is 5.73 Å². The van der Waals surface area contributed by atoms with Crippen molar-refractivity contribution in [1.29, 1.82) is 0 Å². The molecule has 1 fully saturated rings. The van der Waals surface area contributed by atoms with E-state index < -0.39 is 18.1 Å². The highest BCUT2D eigenvalue weighted by atomic mass is 19.4. The van der Waals surface area contributed by atoms with E-state index in [1.165, 1.54) is 0 Å². The maximum atomic E-state index is 12.0. The fourth-order valence-corrected chi connectivity index (χ4v) is 1.83. The Balaban J connectivity index is 2.47. The van der Waals surface area contributed by atoms with Crippen LogP contribution in [0.2, 0.25) is 0 Å². The van der Waals surface area contributed by atoms with Crippen LogP contribution < -0.4 is 5.73 Å². The third-order valence-corrected chi connectivity index (χ3v) is 2.40. The van der Waals surface area contributed by atoms with Crippen LogP contribution in [0.25, 0.3) is 0 Å². The van der Waals surface area contributed by atoms with Crippen LogP contribution in [-0.2, 0) is 0 Å². The Labute approximate surface area is 70.1 Å². The van der Waals surface area contributed by atoms with E-state index in [2.05, 4.69) is 0 Å². The fraction of sp³-hybridized carbons (Fsp3) is 1.00. The first kappa shape index (κ1) is 9.84. The summed E-state index contributed by atoms with van der Waals surface area (Å²) in [7, 11) is 0. The van der Waals surface area contributed by atoms with Crippen molar-refractivity contribution in [3.05, 3.63) is 0 Å². The zero-order valence-electron chi connectivity index (χ0n) is 6.95. The number of nitrogens with two attached hydrogens (primary N) is 1. The number of alkyl halides is 3. The highest BCUT2D eigenvalue weighted by Gasteiger charge is 2.40. The molecule has 0 spiro atoms. The highest BCUT2D eigenvalue weighted by Crippen LogP contribution is 2.35. The zero-order chi connectivity index (χ0) is 9.24. The Morgan fingerprint density at radius 1 is 1.08 bits per heavy atom. The summed E-state index contributed by atoms with van der Waals surface area (Å²) in [6.45, 7) is 0. The van der Waals surface area contributed by atoms with E-state index in [9.17, 15) is 13.2 Å². The summed E-state index contributed by atoms with van der Waals surface area (Å²) in [5, 5.41) is 0. The number of rotatable bonds is 1. The molecule has 2 N–H and O–H groups in total. The predicted octanol–water partition coefficient (Wildman–Crippen LogP) is 2.60. The van der Waals surface area contributed by atoms with E-state index in [1.807, 2.05) is 0 Å². The smallest absolute Gasteiger partial charge is 0.325 e. The van der Waals surface area contributed by atoms with Crippen molar-refractivity contribution in [2.75, 3.05) is 0 Å². The average molecular weight is 181 g/mol. The van der Waals surface area contributed by atoms with Gasteiger partial charge in [0.15, 0.2) is 0 Å². The molecule has 0 aliphatic heterocycles. The van der Waals surface area contributed by atoms with Gasteiger partial charge in [0.25, 0.3) is 0 Å². The average Bonchev–Trinajstić information content (AvgIpc) is 1.83. The first-order valence-corrected chi connectivity index (χ1v) is 4.27. The largest absolute Gasteiger partial charge is 0.390 e. The van der Waals surface area contributed by atoms with Crippen LogP contribution in [0.4, 0.5) is 13.2 Å². The normalized spacial score (nSPS) is 24.0. The Morgan fingerprint density at radius 2 is 1.58 bits per heavy atom. The van der Waals surface area contributed by atoms with E-state index in [4.69, 9.17) is 5.73 Å². The molecule has 0 saturated heterocycles. The van der Waals surface area contributed by atoms with Gasteiger partial charge < -0.3 is 5.73 Å². The van der Waals surface area contributed by atoms with Gasteiger partial charge in [0.2, 0.25) is 0 Å². The number of hydrogen-bond donors (Lipinski definition) is 1. The molecule has 0 heterocycles. The lowest BCUT2D eigenvalue weighted by Gasteiger charge is -2.33. The molecule has 1 aliphatic carbocycles. The topological polar surface area (TPSA) is 26.0 Å². The minimum Gasteiger partial charge on any atom is -0.325 e. The molecule has 1 nitrogen and oxygen atoms in total. The molecule has 4 heteroatoms. The lowest BCUT2D eigenvalue weighted by Crippen LogP contribution is -2.45. The highest BCUT2D eigenvalue weighted by molar-refractivity contribution is 4.89. The standard InChI is InChI=1S/C8H14F3N/c9-8(10,11)6-7(12)4-2-1-3-5-7/h1-6,12H2. The van der Waals surface area contributed by atoms with Gasteiger partial charge in [0.05, 0.1) is 6.42 Å². The van der Waals surface area contributed by atoms with Crippen LogP contribution in [0.5, 0.6) is 0 Å². The molecule has 0 aromatic heterocycles. The van der Waals surface area contributed by atoms with Crippen LogP contribution in [0, 0.1) is 0 Å². The summed E-state index contributed by atoms with van der Waals surface area (Å²) < 4.78 is 36.0. The third-order valence-electron chi connectivity index (χ3n) is 2.40. The summed E-state index contributed by atoms with van der Waals surface area (Å²) >= 11 is 0. The number of halogens is 3. The molecule has 0 bridgehead atoms. The van der Waals surface area contributed by atoms with Crippen molar-refractivity contribution in [2.45, 2.75) is 50.2 Å². The second-order valence-corrected chi connectivity index (χ2v) is 3.71.